The second-order valence-electron chi connectivity index (χ2n) is 5.47. The Morgan fingerprint density at radius 2 is 2.35 bits per heavy atom. The number of allylic oxidation sites excluding steroid dienone is 4. The fourth-order valence-electron chi connectivity index (χ4n) is 2.55. The molecular formula is C17H12FN3O3S2. The van der Waals surface area contributed by atoms with E-state index in [0.717, 1.165) is 21.2 Å². The highest BCUT2D eigenvalue weighted by Crippen LogP contribution is 2.41. The van der Waals surface area contributed by atoms with E-state index in [0.29, 0.717) is 5.75 Å². The first-order chi connectivity index (χ1) is 12.6. The van der Waals surface area contributed by atoms with Crippen LogP contribution in [-0.4, -0.2) is 9.91 Å². The van der Waals surface area contributed by atoms with E-state index in [-0.39, 0.29) is 23.3 Å². The summed E-state index contributed by atoms with van der Waals surface area (Å²) >= 11 is 3.17. The number of pyridine rings is 1. The van der Waals surface area contributed by atoms with E-state index in [4.69, 9.17) is 4.74 Å². The van der Waals surface area contributed by atoms with Crippen molar-refractivity contribution in [3.63, 3.8) is 0 Å². The molecule has 9 heteroatoms. The number of hydrogen-bond donors (Lipinski definition) is 1. The molecule has 0 amide bonds. The summed E-state index contributed by atoms with van der Waals surface area (Å²) in [6.45, 7) is 0. The van der Waals surface area contributed by atoms with Crippen LogP contribution in [0.25, 0.3) is 10.2 Å². The maximum atomic E-state index is 14.3. The van der Waals surface area contributed by atoms with E-state index >= 15 is 0 Å². The average molecular weight is 389 g/mol. The van der Waals surface area contributed by atoms with Gasteiger partial charge in [0.2, 0.25) is 0 Å². The number of halogens is 1. The lowest BCUT2D eigenvalue weighted by molar-refractivity contribution is -0.426. The highest BCUT2D eigenvalue weighted by molar-refractivity contribution is 8.02. The topological polar surface area (TPSA) is 77.3 Å². The molecule has 6 nitrogen and oxygen atoms in total. The first-order valence-corrected chi connectivity index (χ1v) is 9.42. The van der Waals surface area contributed by atoms with Gasteiger partial charge < -0.3 is 10.1 Å². The third kappa shape index (κ3) is 3.23. The summed E-state index contributed by atoms with van der Waals surface area (Å²) in [4.78, 5) is 15.7. The van der Waals surface area contributed by atoms with Crippen molar-refractivity contribution in [1.82, 2.24) is 10.3 Å². The number of hydrogen-bond acceptors (Lipinski definition) is 7. The molecular weight excluding hydrogens is 377 g/mol. The largest absolute Gasteiger partial charge is 0.453 e. The number of thioether (sulfide) groups is 1. The average Bonchev–Trinajstić information content (AvgIpc) is 3.25. The fraction of sp³-hybridized carbons (Fsp3) is 0.118. The van der Waals surface area contributed by atoms with Gasteiger partial charge in [-0.25, -0.2) is 4.39 Å². The maximum Gasteiger partial charge on any atom is 0.253 e. The van der Waals surface area contributed by atoms with E-state index in [1.807, 2.05) is 17.7 Å². The Balaban J connectivity index is 1.68. The van der Waals surface area contributed by atoms with Gasteiger partial charge in [-0.15, -0.1) is 23.1 Å². The van der Waals surface area contributed by atoms with Crippen LogP contribution in [0.15, 0.2) is 65.4 Å². The summed E-state index contributed by atoms with van der Waals surface area (Å²) in [6.07, 6.45) is 7.36. The molecule has 0 spiro atoms. The summed E-state index contributed by atoms with van der Waals surface area (Å²) in [5.41, 5.74) is 0.546. The highest BCUT2D eigenvalue weighted by atomic mass is 32.2. The van der Waals surface area contributed by atoms with Gasteiger partial charge in [-0.3, -0.25) is 15.1 Å². The molecule has 0 fully saturated rings. The summed E-state index contributed by atoms with van der Waals surface area (Å²) in [5, 5.41) is 16.2. The Bertz CT molecular complexity index is 1000. The van der Waals surface area contributed by atoms with Crippen LogP contribution in [0.2, 0.25) is 0 Å². The SMILES string of the molecule is O=[N+]([O-])C1=CC(F)=C(Oc2ccnc3cc(C4NC=CS4)sc23)C=CC1. The first kappa shape index (κ1) is 16.8. The van der Waals surface area contributed by atoms with Crippen LogP contribution < -0.4 is 10.1 Å². The molecule has 2 aromatic rings. The molecule has 1 N–H and O–H groups in total. The first-order valence-electron chi connectivity index (χ1n) is 7.66. The predicted molar refractivity (Wildman–Crippen MR) is 99.8 cm³/mol. The van der Waals surface area contributed by atoms with Crippen LogP contribution in [-0.2, 0) is 0 Å². The summed E-state index contributed by atoms with van der Waals surface area (Å²) < 4.78 is 20.9. The molecule has 3 heterocycles. The van der Waals surface area contributed by atoms with Gasteiger partial charge in [-0.2, -0.15) is 0 Å². The number of rotatable bonds is 4. The van der Waals surface area contributed by atoms with E-state index < -0.39 is 10.8 Å². The van der Waals surface area contributed by atoms with Crippen LogP contribution >= 0.6 is 23.1 Å². The normalized spacial score (nSPS) is 19.4. The fourth-order valence-corrected chi connectivity index (χ4v) is 4.54. The molecule has 0 radical (unpaired) electrons. The van der Waals surface area contributed by atoms with Crippen molar-refractivity contribution in [2.24, 2.45) is 0 Å². The van der Waals surface area contributed by atoms with Gasteiger partial charge in [0.15, 0.2) is 11.6 Å². The zero-order chi connectivity index (χ0) is 18.1. The smallest absolute Gasteiger partial charge is 0.253 e. The third-order valence-corrected chi connectivity index (χ3v) is 6.07. The minimum atomic E-state index is -0.774. The van der Waals surface area contributed by atoms with Crippen molar-refractivity contribution >= 4 is 33.3 Å². The van der Waals surface area contributed by atoms with E-state index in [2.05, 4.69) is 10.3 Å². The van der Waals surface area contributed by atoms with Gasteiger partial charge in [-0.1, -0.05) is 6.08 Å². The van der Waals surface area contributed by atoms with E-state index in [1.165, 1.54) is 23.5 Å². The lowest BCUT2D eigenvalue weighted by Crippen LogP contribution is -2.04. The Morgan fingerprint density at radius 3 is 3.12 bits per heavy atom. The number of nitrogens with zero attached hydrogens (tertiary/aromatic N) is 2. The monoisotopic (exact) mass is 389 g/mol. The molecule has 0 saturated heterocycles. The van der Waals surface area contributed by atoms with Crippen molar-refractivity contribution in [3.8, 4) is 5.75 Å². The number of ether oxygens (including phenoxy) is 1. The summed E-state index contributed by atoms with van der Waals surface area (Å²) in [6, 6.07) is 3.64. The molecule has 2 aromatic heterocycles. The van der Waals surface area contributed by atoms with Gasteiger partial charge in [0, 0.05) is 23.3 Å². The van der Waals surface area contributed by atoms with Crippen LogP contribution in [0.4, 0.5) is 4.39 Å². The van der Waals surface area contributed by atoms with Crippen molar-refractivity contribution in [2.45, 2.75) is 11.8 Å². The van der Waals surface area contributed by atoms with Gasteiger partial charge >= 0.3 is 0 Å². The molecule has 1 aliphatic carbocycles. The Hall–Kier alpha value is -2.65. The quantitative estimate of drug-likeness (QED) is 0.599. The van der Waals surface area contributed by atoms with Gasteiger partial charge in [0.1, 0.15) is 11.1 Å². The summed E-state index contributed by atoms with van der Waals surface area (Å²) in [7, 11) is 0. The molecule has 26 heavy (non-hydrogen) atoms. The second-order valence-corrected chi connectivity index (χ2v) is 7.57. The molecule has 1 aliphatic heterocycles. The lowest BCUT2D eigenvalue weighted by atomic mass is 10.3. The molecule has 0 aromatic carbocycles. The molecule has 4 rings (SSSR count). The highest BCUT2D eigenvalue weighted by Gasteiger charge is 2.20. The standard InChI is InChI=1S/C17H12FN3O3S2/c18-11-8-10(21(22)23)2-1-3-13(11)24-14-4-5-19-12-9-15(26-16(12)14)17-20-6-7-25-17/h1,3-9,17,20H,2H2. The minimum absolute atomic E-state index is 0.0414. The molecule has 1 unspecified atom stereocenters. The lowest BCUT2D eigenvalue weighted by Gasteiger charge is -2.07. The number of fused-ring (bicyclic) bond motifs is 1. The molecule has 132 valence electrons. The number of nitrogens with one attached hydrogen (secondary N) is 1. The Morgan fingerprint density at radius 1 is 1.46 bits per heavy atom. The van der Waals surface area contributed by atoms with Crippen molar-refractivity contribution < 1.29 is 14.1 Å². The third-order valence-electron chi connectivity index (χ3n) is 3.76. The van der Waals surface area contributed by atoms with Crippen LogP contribution in [0.5, 0.6) is 5.75 Å². The van der Waals surface area contributed by atoms with E-state index in [9.17, 15) is 14.5 Å². The molecule has 0 saturated carbocycles. The number of aromatic nitrogens is 1. The van der Waals surface area contributed by atoms with Crippen molar-refractivity contribution in [1.29, 1.82) is 0 Å². The zero-order valence-corrected chi connectivity index (χ0v) is 14.8. The molecule has 0 bridgehead atoms. The van der Waals surface area contributed by atoms with Crippen molar-refractivity contribution in [3.05, 3.63) is 80.4 Å². The number of nitro groups is 1. The van der Waals surface area contributed by atoms with E-state index in [1.54, 1.807) is 24.0 Å². The Kier molecular flexibility index (Phi) is 4.48. The minimum Gasteiger partial charge on any atom is -0.453 e. The Labute approximate surface area is 155 Å². The second kappa shape index (κ2) is 6.93. The predicted octanol–water partition coefficient (Wildman–Crippen LogP) is 4.78. The van der Waals surface area contributed by atoms with Crippen LogP contribution in [0.1, 0.15) is 16.7 Å². The van der Waals surface area contributed by atoms with Gasteiger partial charge in [0.05, 0.1) is 27.6 Å². The summed E-state index contributed by atoms with van der Waals surface area (Å²) in [5.74, 6) is -0.362. The van der Waals surface area contributed by atoms with Gasteiger partial charge in [0.25, 0.3) is 5.70 Å². The zero-order valence-electron chi connectivity index (χ0n) is 13.2. The molecule has 1 atom stereocenters. The maximum absolute atomic E-state index is 14.3. The van der Waals surface area contributed by atoms with Crippen LogP contribution in [0.3, 0.4) is 0 Å². The van der Waals surface area contributed by atoms with Crippen LogP contribution in [0, 0.1) is 10.1 Å². The van der Waals surface area contributed by atoms with Crippen molar-refractivity contribution in [2.75, 3.05) is 0 Å². The van der Waals surface area contributed by atoms with Gasteiger partial charge in [-0.05, 0) is 17.6 Å². The molecule has 2 aliphatic rings. The number of thiophene rings is 1.